The van der Waals surface area contributed by atoms with Crippen LogP contribution in [0, 0.1) is 6.92 Å². The predicted molar refractivity (Wildman–Crippen MR) is 153 cm³/mol. The molecule has 6 N–H and O–H groups in total. The van der Waals surface area contributed by atoms with Gasteiger partial charge in [-0.1, -0.05) is 63.6 Å². The highest BCUT2D eigenvalue weighted by Gasteiger charge is 2.17. The summed E-state index contributed by atoms with van der Waals surface area (Å²) in [4.78, 5) is 22.6. The summed E-state index contributed by atoms with van der Waals surface area (Å²) < 4.78 is 0. The zero-order chi connectivity index (χ0) is 27.3. The lowest BCUT2D eigenvalue weighted by molar-refractivity contribution is 0.102. The molecular formula is C29H34ClN3O3. The molecule has 0 fully saturated rings. The molecule has 4 aromatic carbocycles. The molecule has 0 saturated carbocycles. The zero-order valence-corrected chi connectivity index (χ0v) is 22.1. The van der Waals surface area contributed by atoms with E-state index in [0.717, 1.165) is 17.2 Å². The minimum Gasteiger partial charge on any atom is -0.505 e. The van der Waals surface area contributed by atoms with E-state index >= 15 is 0 Å². The molecule has 0 aliphatic carbocycles. The Bertz CT molecular complexity index is 1290. The van der Waals surface area contributed by atoms with E-state index in [4.69, 9.17) is 23.1 Å². The van der Waals surface area contributed by atoms with Crippen molar-refractivity contribution in [3.63, 3.8) is 0 Å². The highest BCUT2D eigenvalue weighted by Crippen LogP contribution is 2.34. The van der Waals surface area contributed by atoms with Crippen LogP contribution in [0.15, 0.2) is 72.8 Å². The number of anilines is 3. The third-order valence-electron chi connectivity index (χ3n) is 4.81. The monoisotopic (exact) mass is 507 g/mol. The van der Waals surface area contributed by atoms with E-state index < -0.39 is 5.91 Å². The van der Waals surface area contributed by atoms with Gasteiger partial charge in [0, 0.05) is 27.3 Å². The Labute approximate surface area is 217 Å². The number of carbonyl (C=O) groups excluding carboxylic acids is 2. The Morgan fingerprint density at radius 1 is 0.917 bits per heavy atom. The molecule has 36 heavy (non-hydrogen) atoms. The number of hydrogen-bond donors (Lipinski definition) is 4. The van der Waals surface area contributed by atoms with Crippen molar-refractivity contribution < 1.29 is 14.7 Å². The third-order valence-corrected chi connectivity index (χ3v) is 5.05. The number of benzene rings is 4. The first-order chi connectivity index (χ1) is 17.3. The van der Waals surface area contributed by atoms with Gasteiger partial charge in [0.25, 0.3) is 5.91 Å². The van der Waals surface area contributed by atoms with Crippen LogP contribution in [0.1, 0.15) is 54.0 Å². The summed E-state index contributed by atoms with van der Waals surface area (Å²) in [5, 5.41) is 15.1. The first-order valence-corrected chi connectivity index (χ1v) is 12.1. The van der Waals surface area contributed by atoms with Crippen molar-refractivity contribution in [3.05, 3.63) is 94.5 Å². The van der Waals surface area contributed by atoms with E-state index in [-0.39, 0.29) is 17.0 Å². The molecule has 0 aliphatic rings. The molecule has 1 amide bonds. The van der Waals surface area contributed by atoms with Crippen molar-refractivity contribution in [3.8, 4) is 5.75 Å². The summed E-state index contributed by atoms with van der Waals surface area (Å²) in [7, 11) is 0. The van der Waals surface area contributed by atoms with Gasteiger partial charge in [-0.25, -0.2) is 0 Å². The minimum atomic E-state index is -0.426. The first-order valence-electron chi connectivity index (χ1n) is 11.7. The minimum absolute atomic E-state index is 0.135. The number of phenolic OH excluding ortho intramolecular Hbond substituents is 1. The Morgan fingerprint density at radius 3 is 2.11 bits per heavy atom. The standard InChI is InChI=1S/C18H15ClN2O2.C7H7NO.2C2H6/c1-10-8-12(19)6-7-15(10)21-18(23)14-9-11-4-2-3-5-13(11)16(20)17(14)22;8-7-3-1-6(5-9)2-4-7;2*1-2/h2-9,22H,20H2,1H3,(H,21,23);1-5H,8H2;2*1-2H3. The van der Waals surface area contributed by atoms with Gasteiger partial charge in [0.1, 0.15) is 6.29 Å². The average Bonchev–Trinajstić information content (AvgIpc) is 2.91. The number of aryl methyl sites for hydroxylation is 1. The Hall–Kier alpha value is -4.03. The second-order valence-electron chi connectivity index (χ2n) is 7.11. The van der Waals surface area contributed by atoms with Gasteiger partial charge in [-0.15, -0.1) is 0 Å². The maximum Gasteiger partial charge on any atom is 0.259 e. The predicted octanol–water partition coefficient (Wildman–Crippen LogP) is 7.48. The summed E-state index contributed by atoms with van der Waals surface area (Å²) in [6.45, 7) is 9.84. The molecule has 0 aliphatic heterocycles. The van der Waals surface area contributed by atoms with Crippen LogP contribution < -0.4 is 16.8 Å². The molecule has 0 bridgehead atoms. The van der Waals surface area contributed by atoms with Crippen molar-refractivity contribution in [2.45, 2.75) is 34.6 Å². The van der Waals surface area contributed by atoms with Crippen LogP contribution in [0.2, 0.25) is 5.02 Å². The molecule has 0 heterocycles. The van der Waals surface area contributed by atoms with Gasteiger partial charge < -0.3 is 21.9 Å². The summed E-state index contributed by atoms with van der Waals surface area (Å²) >= 11 is 5.91. The number of carbonyl (C=O) groups is 2. The van der Waals surface area contributed by atoms with E-state index in [1.165, 1.54) is 0 Å². The van der Waals surface area contributed by atoms with E-state index in [1.54, 1.807) is 54.6 Å². The molecule has 6 nitrogen and oxygen atoms in total. The van der Waals surface area contributed by atoms with Crippen LogP contribution >= 0.6 is 11.6 Å². The van der Waals surface area contributed by atoms with Gasteiger partial charge in [-0.3, -0.25) is 9.59 Å². The number of fused-ring (bicyclic) bond motifs is 1. The number of nitrogens with two attached hydrogens (primary N) is 2. The Kier molecular flexibility index (Phi) is 12.6. The van der Waals surface area contributed by atoms with Gasteiger partial charge in [0.15, 0.2) is 5.75 Å². The summed E-state index contributed by atoms with van der Waals surface area (Å²) in [5.74, 6) is -0.641. The number of halogens is 1. The smallest absolute Gasteiger partial charge is 0.259 e. The Morgan fingerprint density at radius 2 is 1.53 bits per heavy atom. The molecule has 0 saturated heterocycles. The molecule has 7 heteroatoms. The topological polar surface area (TPSA) is 118 Å². The lowest BCUT2D eigenvalue weighted by Gasteiger charge is -2.12. The molecule has 0 radical (unpaired) electrons. The van der Waals surface area contributed by atoms with Crippen molar-refractivity contribution in [2.24, 2.45) is 0 Å². The quantitative estimate of drug-likeness (QED) is 0.130. The van der Waals surface area contributed by atoms with Gasteiger partial charge in [-0.05, 0) is 66.4 Å². The van der Waals surface area contributed by atoms with Gasteiger partial charge in [-0.2, -0.15) is 0 Å². The number of amides is 1. The first kappa shape index (κ1) is 30.0. The lowest BCUT2D eigenvalue weighted by Crippen LogP contribution is -2.13. The van der Waals surface area contributed by atoms with Crippen LogP contribution in [-0.2, 0) is 0 Å². The lowest BCUT2D eigenvalue weighted by atomic mass is 10.0. The second kappa shape index (κ2) is 15.1. The van der Waals surface area contributed by atoms with Gasteiger partial charge in [0.05, 0.1) is 11.3 Å². The molecule has 0 atom stereocenters. The van der Waals surface area contributed by atoms with Crippen molar-refractivity contribution in [1.29, 1.82) is 0 Å². The number of nitrogen functional groups attached to an aromatic ring is 2. The molecule has 4 rings (SSSR count). The van der Waals surface area contributed by atoms with E-state index in [0.29, 0.717) is 27.3 Å². The SMILES string of the molecule is CC.CC.Cc1cc(Cl)ccc1NC(=O)c1cc2ccccc2c(N)c1O.Nc1ccc(C=O)cc1. The highest BCUT2D eigenvalue weighted by molar-refractivity contribution is 6.30. The van der Waals surface area contributed by atoms with Crippen LogP contribution in [0.3, 0.4) is 0 Å². The van der Waals surface area contributed by atoms with Crippen LogP contribution in [-0.4, -0.2) is 17.3 Å². The molecule has 0 spiro atoms. The van der Waals surface area contributed by atoms with Crippen molar-refractivity contribution in [1.82, 2.24) is 0 Å². The van der Waals surface area contributed by atoms with Crippen LogP contribution in [0.5, 0.6) is 5.75 Å². The summed E-state index contributed by atoms with van der Waals surface area (Å²) in [6, 6.07) is 20.9. The average molecular weight is 508 g/mol. The maximum absolute atomic E-state index is 12.5. The number of aldehydes is 1. The maximum atomic E-state index is 12.5. The zero-order valence-electron chi connectivity index (χ0n) is 21.3. The van der Waals surface area contributed by atoms with Crippen molar-refractivity contribution >= 4 is 51.6 Å². The van der Waals surface area contributed by atoms with Crippen LogP contribution in [0.4, 0.5) is 17.1 Å². The largest absolute Gasteiger partial charge is 0.505 e. The number of phenols is 1. The van der Waals surface area contributed by atoms with Crippen LogP contribution in [0.25, 0.3) is 10.8 Å². The second-order valence-corrected chi connectivity index (χ2v) is 7.54. The molecule has 0 unspecified atom stereocenters. The van der Waals surface area contributed by atoms with E-state index in [1.807, 2.05) is 52.8 Å². The fraction of sp³-hybridized carbons (Fsp3) is 0.172. The fourth-order valence-corrected chi connectivity index (χ4v) is 3.30. The number of nitrogens with one attached hydrogen (secondary N) is 1. The number of hydrogen-bond acceptors (Lipinski definition) is 5. The summed E-state index contributed by atoms with van der Waals surface area (Å²) in [6.07, 6.45) is 0.791. The normalized spacial score (nSPS) is 9.39. The molecule has 0 aromatic heterocycles. The van der Waals surface area contributed by atoms with Crippen molar-refractivity contribution in [2.75, 3.05) is 16.8 Å². The molecule has 4 aromatic rings. The van der Waals surface area contributed by atoms with E-state index in [2.05, 4.69) is 5.32 Å². The number of rotatable bonds is 3. The molecular weight excluding hydrogens is 474 g/mol. The fourth-order valence-electron chi connectivity index (χ4n) is 3.07. The third kappa shape index (κ3) is 8.03. The van der Waals surface area contributed by atoms with E-state index in [9.17, 15) is 14.7 Å². The van der Waals surface area contributed by atoms with Gasteiger partial charge >= 0.3 is 0 Å². The Balaban J connectivity index is 0.000000417. The molecule has 190 valence electrons. The summed E-state index contributed by atoms with van der Waals surface area (Å²) in [5.41, 5.74) is 14.4. The van der Waals surface area contributed by atoms with Gasteiger partial charge in [0.2, 0.25) is 0 Å². The highest BCUT2D eigenvalue weighted by atomic mass is 35.5. The number of aromatic hydroxyl groups is 1.